The molecule has 3 heteroatoms. The molecule has 1 atom stereocenters. The maximum atomic E-state index is 13.0. The molecular weight excluding hydrogens is 251 g/mol. The van der Waals surface area contributed by atoms with Crippen molar-refractivity contribution in [3.05, 3.63) is 46.3 Å². The molecular formula is C15H18ClFO. The second kappa shape index (κ2) is 5.02. The number of hydrogen-bond acceptors (Lipinski definition) is 1. The van der Waals surface area contributed by atoms with Crippen molar-refractivity contribution in [3.63, 3.8) is 0 Å². The Kier molecular flexibility index (Phi) is 3.79. The molecule has 0 heterocycles. The number of aliphatic hydroxyl groups is 1. The summed E-state index contributed by atoms with van der Waals surface area (Å²) in [5.41, 5.74) is 2.19. The van der Waals surface area contributed by atoms with E-state index in [1.807, 2.05) is 6.08 Å². The van der Waals surface area contributed by atoms with Gasteiger partial charge in [0.05, 0.1) is 6.10 Å². The zero-order valence-electron chi connectivity index (χ0n) is 10.7. The Balaban J connectivity index is 2.18. The van der Waals surface area contributed by atoms with Gasteiger partial charge >= 0.3 is 0 Å². The Labute approximate surface area is 112 Å². The summed E-state index contributed by atoms with van der Waals surface area (Å²) < 4.78 is 13.0. The van der Waals surface area contributed by atoms with Crippen LogP contribution < -0.4 is 0 Å². The standard InChI is InChI=1S/C15H18ClFO/c1-15(2)8-10(6-13(18)9-15)5-11-3-4-12(17)7-14(11)16/h3-4,6-7,13,18H,5,8-9H2,1-2H3. The predicted octanol–water partition coefficient (Wildman–Crippen LogP) is 4.13. The first-order chi connectivity index (χ1) is 8.35. The summed E-state index contributed by atoms with van der Waals surface area (Å²) in [6, 6.07) is 4.47. The lowest BCUT2D eigenvalue weighted by atomic mass is 9.75. The number of aliphatic hydroxyl groups excluding tert-OH is 1. The number of rotatable bonds is 2. The number of allylic oxidation sites excluding steroid dienone is 1. The van der Waals surface area contributed by atoms with Gasteiger partial charge in [0, 0.05) is 5.02 Å². The van der Waals surface area contributed by atoms with E-state index in [0.717, 1.165) is 18.4 Å². The fourth-order valence-electron chi connectivity index (χ4n) is 2.67. The molecule has 1 N–H and O–H groups in total. The summed E-state index contributed by atoms with van der Waals surface area (Å²) >= 11 is 6.03. The second-order valence-corrected chi connectivity index (χ2v) is 6.26. The summed E-state index contributed by atoms with van der Waals surface area (Å²) in [6.45, 7) is 4.30. The van der Waals surface area contributed by atoms with E-state index in [0.29, 0.717) is 11.4 Å². The zero-order valence-corrected chi connectivity index (χ0v) is 11.5. The number of benzene rings is 1. The summed E-state index contributed by atoms with van der Waals surface area (Å²) in [4.78, 5) is 0. The Morgan fingerprint density at radius 1 is 1.44 bits per heavy atom. The Hall–Kier alpha value is -0.860. The van der Waals surface area contributed by atoms with E-state index in [9.17, 15) is 9.50 Å². The highest BCUT2D eigenvalue weighted by atomic mass is 35.5. The maximum absolute atomic E-state index is 13.0. The van der Waals surface area contributed by atoms with Crippen LogP contribution in [0.5, 0.6) is 0 Å². The molecule has 2 rings (SSSR count). The van der Waals surface area contributed by atoms with Crippen LogP contribution >= 0.6 is 11.6 Å². The molecule has 0 saturated heterocycles. The molecule has 0 saturated carbocycles. The predicted molar refractivity (Wildman–Crippen MR) is 72.2 cm³/mol. The molecule has 1 aliphatic carbocycles. The lowest BCUT2D eigenvalue weighted by Crippen LogP contribution is -2.25. The zero-order chi connectivity index (χ0) is 13.3. The minimum atomic E-state index is -0.386. The van der Waals surface area contributed by atoms with Crippen LogP contribution in [0.2, 0.25) is 5.02 Å². The van der Waals surface area contributed by atoms with Gasteiger partial charge in [-0.05, 0) is 42.4 Å². The van der Waals surface area contributed by atoms with Crippen molar-refractivity contribution in [1.29, 1.82) is 0 Å². The van der Waals surface area contributed by atoms with Gasteiger partial charge in [-0.3, -0.25) is 0 Å². The molecule has 1 aromatic rings. The third-order valence-electron chi connectivity index (χ3n) is 3.33. The Morgan fingerprint density at radius 3 is 2.78 bits per heavy atom. The van der Waals surface area contributed by atoms with Gasteiger partial charge in [0.25, 0.3) is 0 Å². The normalized spacial score (nSPS) is 22.7. The van der Waals surface area contributed by atoms with E-state index in [-0.39, 0.29) is 17.3 Å². The van der Waals surface area contributed by atoms with Crippen LogP contribution in [0, 0.1) is 11.2 Å². The second-order valence-electron chi connectivity index (χ2n) is 5.85. The minimum absolute atomic E-state index is 0.107. The molecule has 1 unspecified atom stereocenters. The molecule has 0 aromatic heterocycles. The fraction of sp³-hybridized carbons (Fsp3) is 0.467. The van der Waals surface area contributed by atoms with Crippen LogP contribution in [0.15, 0.2) is 29.8 Å². The van der Waals surface area contributed by atoms with Crippen molar-refractivity contribution in [2.24, 2.45) is 5.41 Å². The molecule has 0 aliphatic heterocycles. The molecule has 0 amide bonds. The van der Waals surface area contributed by atoms with Gasteiger partial charge in [0.15, 0.2) is 0 Å². The first kappa shape index (κ1) is 13.6. The summed E-state index contributed by atoms with van der Waals surface area (Å²) in [5.74, 6) is -0.318. The van der Waals surface area contributed by atoms with Crippen molar-refractivity contribution < 1.29 is 9.50 Å². The highest BCUT2D eigenvalue weighted by Gasteiger charge is 2.27. The average Bonchev–Trinajstić information content (AvgIpc) is 2.19. The fourth-order valence-corrected chi connectivity index (χ4v) is 2.91. The topological polar surface area (TPSA) is 20.2 Å². The molecule has 98 valence electrons. The lowest BCUT2D eigenvalue weighted by molar-refractivity contribution is 0.138. The van der Waals surface area contributed by atoms with Crippen LogP contribution in [-0.4, -0.2) is 11.2 Å². The van der Waals surface area contributed by atoms with Gasteiger partial charge in [-0.2, -0.15) is 0 Å². The lowest BCUT2D eigenvalue weighted by Gasteiger charge is -2.32. The minimum Gasteiger partial charge on any atom is -0.389 e. The van der Waals surface area contributed by atoms with Crippen LogP contribution in [0.25, 0.3) is 0 Å². The van der Waals surface area contributed by atoms with Crippen molar-refractivity contribution in [2.45, 2.75) is 39.2 Å². The van der Waals surface area contributed by atoms with E-state index in [1.54, 1.807) is 6.07 Å². The molecule has 1 nitrogen and oxygen atoms in total. The van der Waals surface area contributed by atoms with Crippen LogP contribution in [0.3, 0.4) is 0 Å². The van der Waals surface area contributed by atoms with E-state index in [2.05, 4.69) is 13.8 Å². The molecule has 0 bridgehead atoms. The highest BCUT2D eigenvalue weighted by molar-refractivity contribution is 6.31. The van der Waals surface area contributed by atoms with Gasteiger partial charge in [-0.25, -0.2) is 4.39 Å². The largest absolute Gasteiger partial charge is 0.389 e. The van der Waals surface area contributed by atoms with Crippen LogP contribution in [0.1, 0.15) is 32.3 Å². The first-order valence-corrected chi connectivity index (χ1v) is 6.55. The monoisotopic (exact) mass is 268 g/mol. The smallest absolute Gasteiger partial charge is 0.124 e. The average molecular weight is 269 g/mol. The van der Waals surface area contributed by atoms with Gasteiger partial charge in [0.2, 0.25) is 0 Å². The van der Waals surface area contributed by atoms with Crippen molar-refractivity contribution in [3.8, 4) is 0 Å². The maximum Gasteiger partial charge on any atom is 0.124 e. The number of hydrogen-bond donors (Lipinski definition) is 1. The molecule has 0 fully saturated rings. The molecule has 1 aliphatic rings. The van der Waals surface area contributed by atoms with Crippen molar-refractivity contribution in [1.82, 2.24) is 0 Å². The van der Waals surface area contributed by atoms with E-state index < -0.39 is 0 Å². The molecule has 1 aromatic carbocycles. The van der Waals surface area contributed by atoms with Gasteiger partial charge in [-0.1, -0.05) is 43.2 Å². The first-order valence-electron chi connectivity index (χ1n) is 6.17. The van der Waals surface area contributed by atoms with Crippen LogP contribution in [0.4, 0.5) is 4.39 Å². The van der Waals surface area contributed by atoms with Gasteiger partial charge < -0.3 is 5.11 Å². The third-order valence-corrected chi connectivity index (χ3v) is 3.68. The summed E-state index contributed by atoms with van der Waals surface area (Å²) in [5, 5.41) is 10.3. The van der Waals surface area contributed by atoms with Crippen molar-refractivity contribution >= 4 is 11.6 Å². The van der Waals surface area contributed by atoms with Gasteiger partial charge in [0.1, 0.15) is 5.82 Å². The highest BCUT2D eigenvalue weighted by Crippen LogP contribution is 2.37. The van der Waals surface area contributed by atoms with E-state index in [1.165, 1.54) is 17.7 Å². The molecule has 0 spiro atoms. The SMILES string of the molecule is CC1(C)CC(Cc2ccc(F)cc2Cl)=CC(O)C1. The van der Waals surface area contributed by atoms with E-state index in [4.69, 9.17) is 11.6 Å². The number of halogens is 2. The van der Waals surface area contributed by atoms with Gasteiger partial charge in [-0.15, -0.1) is 0 Å². The summed E-state index contributed by atoms with van der Waals surface area (Å²) in [6.07, 6.45) is 3.93. The van der Waals surface area contributed by atoms with Crippen LogP contribution in [-0.2, 0) is 6.42 Å². The Morgan fingerprint density at radius 2 is 2.17 bits per heavy atom. The third kappa shape index (κ3) is 3.33. The quantitative estimate of drug-likeness (QED) is 0.800. The molecule has 0 radical (unpaired) electrons. The van der Waals surface area contributed by atoms with E-state index >= 15 is 0 Å². The van der Waals surface area contributed by atoms with Crippen molar-refractivity contribution in [2.75, 3.05) is 0 Å². The Bertz CT molecular complexity index is 479. The summed E-state index contributed by atoms with van der Waals surface area (Å²) in [7, 11) is 0. The molecule has 18 heavy (non-hydrogen) atoms.